The van der Waals surface area contributed by atoms with Crippen molar-refractivity contribution in [3.05, 3.63) is 0 Å². The molecule has 1 unspecified atom stereocenters. The van der Waals surface area contributed by atoms with Crippen LogP contribution in [0.4, 0.5) is 0 Å². The van der Waals surface area contributed by atoms with Gasteiger partial charge in [-0.2, -0.15) is 11.8 Å². The van der Waals surface area contributed by atoms with Crippen molar-refractivity contribution in [1.29, 1.82) is 0 Å². The van der Waals surface area contributed by atoms with Gasteiger partial charge in [-0.15, -0.1) is 0 Å². The van der Waals surface area contributed by atoms with Crippen molar-refractivity contribution in [3.8, 4) is 0 Å². The van der Waals surface area contributed by atoms with Crippen molar-refractivity contribution in [2.45, 2.75) is 18.2 Å². The summed E-state index contributed by atoms with van der Waals surface area (Å²) >= 11 is 0.978. The van der Waals surface area contributed by atoms with E-state index in [1.807, 2.05) is 0 Å². The smallest absolute Gasteiger partial charge is 0.810 e. The minimum Gasteiger partial charge on any atom is -0.810 e. The number of aliphatic carboxylic acids is 1. The van der Waals surface area contributed by atoms with Crippen LogP contribution in [0.1, 0.15) is 12.8 Å². The van der Waals surface area contributed by atoms with Gasteiger partial charge in [-0.25, -0.2) is 0 Å². The molecule has 0 aliphatic heterocycles. The van der Waals surface area contributed by atoms with Crippen LogP contribution in [0.2, 0.25) is 0 Å². The Morgan fingerprint density at radius 3 is 2.00 bits per heavy atom. The molecule has 0 aromatic heterocycles. The van der Waals surface area contributed by atoms with Gasteiger partial charge in [0.05, 0.1) is 11.2 Å². The Labute approximate surface area is 159 Å². The van der Waals surface area contributed by atoms with Crippen LogP contribution in [-0.4, -0.2) is 37.8 Å². The molecule has 1 atom stereocenters. The van der Waals surface area contributed by atoms with Crippen molar-refractivity contribution in [2.24, 2.45) is 0 Å². The summed E-state index contributed by atoms with van der Waals surface area (Å²) in [6, 6.07) is 0. The largest absolute Gasteiger partial charge is 1.00 e. The maximum atomic E-state index is 10.8. The number of thioether (sulfide) groups is 1. The van der Waals surface area contributed by atoms with Crippen molar-refractivity contribution in [2.75, 3.05) is 11.5 Å². The van der Waals surface area contributed by atoms with E-state index >= 15 is 0 Å². The zero-order valence-corrected chi connectivity index (χ0v) is 17.2. The number of carboxylic acids is 1. The monoisotopic (exact) mass is 352 g/mol. The summed E-state index contributed by atoms with van der Waals surface area (Å²) in [6.07, 6.45) is -0.427. The molecule has 0 heterocycles. The predicted molar refractivity (Wildman–Crippen MR) is 57.6 cm³/mol. The molecular formula is C6H12Na2O8P2S. The minimum atomic E-state index is -5.35. The minimum absolute atomic E-state index is 0. The van der Waals surface area contributed by atoms with Gasteiger partial charge in [-0.05, 0) is 18.6 Å². The SMILES string of the molecule is O=C(O)CSCCCC(P(=O)([O-])[O-])P(=O)(O)O.[Na+].[Na+]. The summed E-state index contributed by atoms with van der Waals surface area (Å²) in [7, 11) is -10.3. The van der Waals surface area contributed by atoms with Gasteiger partial charge >= 0.3 is 72.7 Å². The molecule has 0 aliphatic carbocycles. The summed E-state index contributed by atoms with van der Waals surface area (Å²) < 4.78 is 21.4. The Morgan fingerprint density at radius 1 is 1.21 bits per heavy atom. The van der Waals surface area contributed by atoms with E-state index < -0.39 is 33.0 Å². The van der Waals surface area contributed by atoms with Gasteiger partial charge in [0.25, 0.3) is 0 Å². The molecule has 0 radical (unpaired) electrons. The number of hydrogen-bond donors (Lipinski definition) is 3. The van der Waals surface area contributed by atoms with Crippen LogP contribution in [0.15, 0.2) is 0 Å². The van der Waals surface area contributed by atoms with E-state index in [9.17, 15) is 23.7 Å². The quantitative estimate of drug-likeness (QED) is 0.219. The molecule has 0 aromatic carbocycles. The van der Waals surface area contributed by atoms with Crippen LogP contribution < -0.4 is 68.9 Å². The predicted octanol–water partition coefficient (Wildman–Crippen LogP) is -6.99. The Bertz CT molecular complexity index is 333. The molecule has 0 fully saturated rings. The maximum Gasteiger partial charge on any atom is 1.00 e. The molecule has 8 nitrogen and oxygen atoms in total. The summed E-state index contributed by atoms with van der Waals surface area (Å²) in [4.78, 5) is 48.8. The molecule has 0 aromatic rings. The topological polar surface area (TPSA) is 158 Å². The van der Waals surface area contributed by atoms with E-state index in [0.717, 1.165) is 11.8 Å². The van der Waals surface area contributed by atoms with Gasteiger partial charge in [0, 0.05) is 0 Å². The first-order chi connectivity index (χ1) is 7.55. The third-order valence-corrected chi connectivity index (χ3v) is 6.53. The van der Waals surface area contributed by atoms with E-state index in [2.05, 4.69) is 0 Å². The van der Waals surface area contributed by atoms with Crippen LogP contribution in [0, 0.1) is 0 Å². The van der Waals surface area contributed by atoms with Gasteiger partial charge < -0.3 is 29.2 Å². The molecule has 102 valence electrons. The fourth-order valence-electron chi connectivity index (χ4n) is 1.04. The van der Waals surface area contributed by atoms with E-state index in [4.69, 9.17) is 14.9 Å². The average Bonchev–Trinajstić information content (AvgIpc) is 2.05. The number of rotatable bonds is 8. The second kappa shape index (κ2) is 11.7. The summed E-state index contributed by atoms with van der Waals surface area (Å²) in [5.41, 5.74) is 0. The standard InChI is InChI=1S/C6H14O8P2S.2Na/c7-5(8)4-17-3-1-2-6(15(9,10)11)16(12,13)14;;/h6H,1-4H2,(H,7,8)(H2,9,10,11)(H2,12,13,14);;/q;2*+1/p-2. The Morgan fingerprint density at radius 2 is 1.68 bits per heavy atom. The van der Waals surface area contributed by atoms with E-state index in [1.54, 1.807) is 0 Å². The van der Waals surface area contributed by atoms with E-state index in [-0.39, 0.29) is 77.0 Å². The Hall–Kier alpha value is 2.12. The first kappa shape index (κ1) is 26.0. The summed E-state index contributed by atoms with van der Waals surface area (Å²) in [5, 5.41) is 6.07. The zero-order valence-electron chi connectivity index (χ0n) is 10.6. The molecule has 0 bridgehead atoms. The third-order valence-electron chi connectivity index (χ3n) is 1.73. The van der Waals surface area contributed by atoms with Crippen molar-refractivity contribution in [3.63, 3.8) is 0 Å². The van der Waals surface area contributed by atoms with Gasteiger partial charge in [0.1, 0.15) is 0 Å². The van der Waals surface area contributed by atoms with Gasteiger partial charge in [0.15, 0.2) is 0 Å². The molecular weight excluding hydrogens is 340 g/mol. The average molecular weight is 352 g/mol. The third kappa shape index (κ3) is 13.5. The van der Waals surface area contributed by atoms with Gasteiger partial charge in [-0.1, -0.05) is 7.60 Å². The molecule has 0 saturated carbocycles. The first-order valence-electron chi connectivity index (χ1n) is 4.41. The van der Waals surface area contributed by atoms with Crippen LogP contribution >= 0.6 is 27.0 Å². The second-order valence-corrected chi connectivity index (χ2v) is 8.22. The van der Waals surface area contributed by atoms with Crippen molar-refractivity contribution >= 4 is 32.9 Å². The zero-order chi connectivity index (χ0) is 13.7. The molecule has 3 N–H and O–H groups in total. The molecule has 13 heteroatoms. The fraction of sp³-hybridized carbons (Fsp3) is 0.833. The summed E-state index contributed by atoms with van der Waals surface area (Å²) in [6.45, 7) is 0. The van der Waals surface area contributed by atoms with Crippen LogP contribution in [0.25, 0.3) is 0 Å². The Kier molecular flexibility index (Phi) is 16.0. The maximum absolute atomic E-state index is 10.8. The second-order valence-electron chi connectivity index (χ2n) is 3.20. The van der Waals surface area contributed by atoms with Gasteiger partial charge in [-0.3, -0.25) is 9.36 Å². The van der Waals surface area contributed by atoms with Crippen LogP contribution in [0.3, 0.4) is 0 Å². The number of carbonyl (C=O) groups is 1. The first-order valence-corrected chi connectivity index (χ1v) is 8.86. The van der Waals surface area contributed by atoms with Crippen LogP contribution in [-0.2, 0) is 13.9 Å². The summed E-state index contributed by atoms with van der Waals surface area (Å²) in [5.74, 6) is -1.02. The Balaban J connectivity index is -0.00000128. The fourth-order valence-corrected chi connectivity index (χ4v) is 4.22. The normalized spacial score (nSPS) is 13.1. The van der Waals surface area contributed by atoms with Crippen molar-refractivity contribution in [1.82, 2.24) is 0 Å². The van der Waals surface area contributed by atoms with E-state index in [1.165, 1.54) is 0 Å². The molecule has 19 heavy (non-hydrogen) atoms. The number of hydrogen-bond acceptors (Lipinski definition) is 6. The van der Waals surface area contributed by atoms with Crippen molar-refractivity contribution < 1.29 is 97.7 Å². The molecule has 0 rings (SSSR count). The molecule has 0 amide bonds. The molecule has 0 aliphatic rings. The number of carboxylic acid groups (broad SMARTS) is 1. The van der Waals surface area contributed by atoms with Crippen LogP contribution in [0.5, 0.6) is 0 Å². The molecule has 0 saturated heterocycles. The van der Waals surface area contributed by atoms with E-state index in [0.29, 0.717) is 0 Å². The van der Waals surface area contributed by atoms with Gasteiger partial charge in [0.2, 0.25) is 0 Å². The molecule has 0 spiro atoms.